The molecule has 20 heavy (non-hydrogen) atoms. The fourth-order valence-corrected chi connectivity index (χ4v) is 3.59. The molecule has 0 spiro atoms. The number of hydrazine groups is 1. The summed E-state index contributed by atoms with van der Waals surface area (Å²) in [7, 11) is 0. The van der Waals surface area contributed by atoms with Crippen LogP contribution in [0.2, 0.25) is 0 Å². The lowest BCUT2D eigenvalue weighted by molar-refractivity contribution is 0.492. The maximum Gasteiger partial charge on any atom is 0.173 e. The number of aryl methyl sites for hydroxylation is 1. The number of hydrogen-bond donors (Lipinski definition) is 2. The highest BCUT2D eigenvalue weighted by atomic mass is 79.9. The van der Waals surface area contributed by atoms with Crippen LogP contribution in [0.4, 0.5) is 8.78 Å². The summed E-state index contributed by atoms with van der Waals surface area (Å²) in [5.41, 5.74) is 3.28. The normalized spacial score (nSPS) is 12.7. The molecule has 2 aromatic rings. The van der Waals surface area contributed by atoms with Crippen molar-refractivity contribution in [2.24, 2.45) is 5.84 Å². The van der Waals surface area contributed by atoms with Gasteiger partial charge in [-0.15, -0.1) is 11.3 Å². The van der Waals surface area contributed by atoms with E-state index in [1.165, 1.54) is 4.88 Å². The average molecular weight is 361 g/mol. The SMILES string of the molecule is CCc1ccc(CC(NN)c2ccc(F)c(F)c2Br)s1. The Morgan fingerprint density at radius 2 is 1.95 bits per heavy atom. The van der Waals surface area contributed by atoms with Gasteiger partial charge in [0.15, 0.2) is 11.6 Å². The molecule has 6 heteroatoms. The molecule has 0 radical (unpaired) electrons. The van der Waals surface area contributed by atoms with Crippen molar-refractivity contribution in [1.82, 2.24) is 5.43 Å². The number of halogens is 3. The monoisotopic (exact) mass is 360 g/mol. The highest BCUT2D eigenvalue weighted by Gasteiger charge is 2.19. The van der Waals surface area contributed by atoms with Crippen LogP contribution in [-0.2, 0) is 12.8 Å². The summed E-state index contributed by atoms with van der Waals surface area (Å²) >= 11 is 4.80. The van der Waals surface area contributed by atoms with Gasteiger partial charge in [0, 0.05) is 16.2 Å². The summed E-state index contributed by atoms with van der Waals surface area (Å²) in [5.74, 6) is 3.81. The molecular weight excluding hydrogens is 346 g/mol. The van der Waals surface area contributed by atoms with Gasteiger partial charge in [-0.1, -0.05) is 13.0 Å². The van der Waals surface area contributed by atoms with Gasteiger partial charge in [0.25, 0.3) is 0 Å². The summed E-state index contributed by atoms with van der Waals surface area (Å²) < 4.78 is 26.9. The van der Waals surface area contributed by atoms with Crippen LogP contribution in [0.25, 0.3) is 0 Å². The summed E-state index contributed by atoms with van der Waals surface area (Å²) in [6.45, 7) is 2.10. The van der Waals surface area contributed by atoms with Gasteiger partial charge >= 0.3 is 0 Å². The van der Waals surface area contributed by atoms with E-state index >= 15 is 0 Å². The van der Waals surface area contributed by atoms with Gasteiger partial charge in [0.05, 0.1) is 10.5 Å². The summed E-state index contributed by atoms with van der Waals surface area (Å²) in [6, 6.07) is 6.51. The van der Waals surface area contributed by atoms with E-state index in [2.05, 4.69) is 34.3 Å². The standard InChI is InChI=1S/C14H15BrF2N2S/c1-2-8-3-4-9(20-8)7-12(19-18)10-5-6-11(16)14(17)13(10)15/h3-6,12,19H,2,7,18H2,1H3. The molecule has 108 valence electrons. The van der Waals surface area contributed by atoms with Crippen molar-refractivity contribution >= 4 is 27.3 Å². The maximum atomic E-state index is 13.6. The largest absolute Gasteiger partial charge is 0.271 e. The van der Waals surface area contributed by atoms with E-state index in [1.807, 2.05) is 6.07 Å². The minimum atomic E-state index is -0.886. The van der Waals surface area contributed by atoms with E-state index < -0.39 is 11.6 Å². The van der Waals surface area contributed by atoms with Gasteiger partial charge in [0.2, 0.25) is 0 Å². The van der Waals surface area contributed by atoms with Crippen LogP contribution in [-0.4, -0.2) is 0 Å². The predicted octanol–water partition coefficient (Wildman–Crippen LogP) is 4.10. The molecular formula is C14H15BrF2N2S. The van der Waals surface area contributed by atoms with Crippen molar-refractivity contribution in [1.29, 1.82) is 0 Å². The average Bonchev–Trinajstić information content (AvgIpc) is 2.91. The fourth-order valence-electron chi connectivity index (χ4n) is 1.99. The van der Waals surface area contributed by atoms with Crippen LogP contribution in [0.15, 0.2) is 28.7 Å². The summed E-state index contributed by atoms with van der Waals surface area (Å²) in [6.07, 6.45) is 1.62. The molecule has 0 amide bonds. The first-order valence-corrected chi connectivity index (χ1v) is 7.84. The third-order valence-corrected chi connectivity index (χ3v) is 5.17. The first-order valence-electron chi connectivity index (χ1n) is 6.24. The highest BCUT2D eigenvalue weighted by molar-refractivity contribution is 9.10. The van der Waals surface area contributed by atoms with Crippen LogP contribution < -0.4 is 11.3 Å². The zero-order chi connectivity index (χ0) is 14.7. The van der Waals surface area contributed by atoms with Crippen molar-refractivity contribution in [3.8, 4) is 0 Å². The zero-order valence-electron chi connectivity index (χ0n) is 10.9. The van der Waals surface area contributed by atoms with E-state index in [4.69, 9.17) is 5.84 Å². The molecule has 0 aliphatic carbocycles. The van der Waals surface area contributed by atoms with Gasteiger partial charge < -0.3 is 0 Å². The summed E-state index contributed by atoms with van der Waals surface area (Å²) in [4.78, 5) is 2.45. The molecule has 0 saturated carbocycles. The molecule has 2 nitrogen and oxygen atoms in total. The molecule has 1 aromatic heterocycles. The minimum Gasteiger partial charge on any atom is -0.271 e. The Balaban J connectivity index is 2.26. The lowest BCUT2D eigenvalue weighted by Gasteiger charge is -2.17. The Kier molecular flexibility index (Phi) is 5.26. The molecule has 2 rings (SSSR count). The molecule has 0 fully saturated rings. The van der Waals surface area contributed by atoms with Crippen molar-refractivity contribution in [2.75, 3.05) is 0 Å². The Morgan fingerprint density at radius 1 is 1.25 bits per heavy atom. The molecule has 3 N–H and O–H groups in total. The van der Waals surface area contributed by atoms with E-state index in [0.717, 1.165) is 17.4 Å². The molecule has 0 saturated heterocycles. The molecule has 1 heterocycles. The first-order chi connectivity index (χ1) is 9.56. The van der Waals surface area contributed by atoms with E-state index in [9.17, 15) is 8.78 Å². The van der Waals surface area contributed by atoms with Gasteiger partial charge in [0.1, 0.15) is 0 Å². The van der Waals surface area contributed by atoms with Crippen LogP contribution in [0.1, 0.15) is 28.3 Å². The molecule has 0 aliphatic heterocycles. The number of rotatable bonds is 5. The van der Waals surface area contributed by atoms with Crippen LogP contribution in [0.3, 0.4) is 0 Å². The highest BCUT2D eigenvalue weighted by Crippen LogP contribution is 2.31. The second-order valence-corrected chi connectivity index (χ2v) is 6.46. The van der Waals surface area contributed by atoms with Crippen LogP contribution >= 0.6 is 27.3 Å². The second kappa shape index (κ2) is 6.76. The van der Waals surface area contributed by atoms with Gasteiger partial charge in [-0.3, -0.25) is 11.3 Å². The quantitative estimate of drug-likeness (QED) is 0.478. The molecule has 1 unspecified atom stereocenters. The molecule has 0 bridgehead atoms. The lowest BCUT2D eigenvalue weighted by atomic mass is 10.0. The third kappa shape index (κ3) is 3.25. The Hall–Kier alpha value is -0.820. The van der Waals surface area contributed by atoms with Crippen molar-refractivity contribution < 1.29 is 8.78 Å². The van der Waals surface area contributed by atoms with E-state index in [-0.39, 0.29) is 10.5 Å². The van der Waals surface area contributed by atoms with Crippen molar-refractivity contribution in [3.63, 3.8) is 0 Å². The Bertz CT molecular complexity index is 601. The van der Waals surface area contributed by atoms with Gasteiger partial charge in [-0.05, 0) is 46.1 Å². The number of nitrogens with two attached hydrogens (primary N) is 1. The Morgan fingerprint density at radius 3 is 2.55 bits per heavy atom. The lowest BCUT2D eigenvalue weighted by Crippen LogP contribution is -2.29. The maximum absolute atomic E-state index is 13.6. The van der Waals surface area contributed by atoms with Gasteiger partial charge in [-0.2, -0.15) is 0 Å². The molecule has 1 atom stereocenters. The van der Waals surface area contributed by atoms with Crippen LogP contribution in [0.5, 0.6) is 0 Å². The molecule has 1 aromatic carbocycles. The van der Waals surface area contributed by atoms with E-state index in [0.29, 0.717) is 12.0 Å². The number of hydrogen-bond acceptors (Lipinski definition) is 3. The Labute approximate surface area is 129 Å². The first kappa shape index (κ1) is 15.6. The number of benzene rings is 1. The van der Waals surface area contributed by atoms with Crippen LogP contribution in [0, 0.1) is 11.6 Å². The smallest absolute Gasteiger partial charge is 0.173 e. The number of nitrogens with one attached hydrogen (secondary N) is 1. The predicted molar refractivity (Wildman–Crippen MR) is 81.5 cm³/mol. The zero-order valence-corrected chi connectivity index (χ0v) is 13.3. The van der Waals surface area contributed by atoms with Crippen molar-refractivity contribution in [2.45, 2.75) is 25.8 Å². The molecule has 0 aliphatic rings. The second-order valence-electron chi connectivity index (χ2n) is 4.41. The fraction of sp³-hybridized carbons (Fsp3) is 0.286. The summed E-state index contributed by atoms with van der Waals surface area (Å²) in [5, 5.41) is 0. The van der Waals surface area contributed by atoms with E-state index in [1.54, 1.807) is 17.4 Å². The minimum absolute atomic E-state index is 0.118. The van der Waals surface area contributed by atoms with Gasteiger partial charge in [-0.25, -0.2) is 8.78 Å². The van der Waals surface area contributed by atoms with Crippen molar-refractivity contribution in [3.05, 3.63) is 55.7 Å². The number of thiophene rings is 1. The third-order valence-electron chi connectivity index (χ3n) is 3.11. The topological polar surface area (TPSA) is 38.0 Å².